The number of nitrogens with one attached hydrogen (secondary N) is 1. The van der Waals surface area contributed by atoms with Crippen molar-refractivity contribution in [3.63, 3.8) is 0 Å². The van der Waals surface area contributed by atoms with Crippen LogP contribution >= 0.6 is 0 Å². The number of hydrogen-bond donors (Lipinski definition) is 1. The minimum absolute atomic E-state index is 0.0210. The van der Waals surface area contributed by atoms with Gasteiger partial charge in [0.15, 0.2) is 5.78 Å². The fraction of sp³-hybridized carbons (Fsp3) is 0.120. The van der Waals surface area contributed by atoms with Crippen LogP contribution in [0.15, 0.2) is 85.1 Å². The molecule has 1 amide bonds. The fourth-order valence-electron chi connectivity index (χ4n) is 3.55. The molecule has 4 aromatic rings. The van der Waals surface area contributed by atoms with Gasteiger partial charge in [0.2, 0.25) is 5.91 Å². The fourth-order valence-corrected chi connectivity index (χ4v) is 3.55. The highest BCUT2D eigenvalue weighted by Gasteiger charge is 2.19. The lowest BCUT2D eigenvalue weighted by atomic mass is 10.0. The molecule has 1 N–H and O–H groups in total. The van der Waals surface area contributed by atoms with Gasteiger partial charge in [0.1, 0.15) is 12.4 Å². The summed E-state index contributed by atoms with van der Waals surface area (Å²) in [4.78, 5) is 25.4. The Morgan fingerprint density at radius 1 is 0.833 bits per heavy atom. The summed E-state index contributed by atoms with van der Waals surface area (Å²) in [7, 11) is 0. The van der Waals surface area contributed by atoms with Gasteiger partial charge in [-0.25, -0.2) is 4.39 Å². The maximum absolute atomic E-state index is 14.1. The number of nitrogens with zero attached hydrogens (tertiary/aromatic N) is 1. The van der Waals surface area contributed by atoms with Crippen molar-refractivity contribution in [2.24, 2.45) is 0 Å². The van der Waals surface area contributed by atoms with Gasteiger partial charge in [-0.3, -0.25) is 9.59 Å². The van der Waals surface area contributed by atoms with Crippen molar-refractivity contribution in [3.05, 3.63) is 108 Å². The van der Waals surface area contributed by atoms with Crippen molar-refractivity contribution >= 4 is 22.6 Å². The number of amides is 1. The van der Waals surface area contributed by atoms with Crippen molar-refractivity contribution in [2.45, 2.75) is 13.0 Å². The molecule has 4 rings (SSSR count). The summed E-state index contributed by atoms with van der Waals surface area (Å²) in [6.07, 6.45) is 2.38. The van der Waals surface area contributed by atoms with Crippen LogP contribution in [0.1, 0.15) is 21.5 Å². The third-order valence-corrected chi connectivity index (χ3v) is 5.04. The molecule has 0 aliphatic rings. The molecule has 0 bridgehead atoms. The first-order valence-corrected chi connectivity index (χ1v) is 9.81. The Bertz CT molecular complexity index is 1200. The topological polar surface area (TPSA) is 51.1 Å². The summed E-state index contributed by atoms with van der Waals surface area (Å²) in [6.45, 7) is 0.614. The molecular weight excluding hydrogens is 379 g/mol. The predicted octanol–water partition coefficient (Wildman–Crippen LogP) is 4.37. The molecule has 5 heteroatoms. The maximum atomic E-state index is 14.1. The molecule has 0 atom stereocenters. The van der Waals surface area contributed by atoms with Gasteiger partial charge in [-0.1, -0.05) is 60.7 Å². The zero-order valence-corrected chi connectivity index (χ0v) is 16.3. The lowest BCUT2D eigenvalue weighted by molar-refractivity contribution is -0.121. The van der Waals surface area contributed by atoms with Gasteiger partial charge in [-0.2, -0.15) is 0 Å². The van der Waals surface area contributed by atoms with Crippen LogP contribution < -0.4 is 5.32 Å². The van der Waals surface area contributed by atoms with Crippen LogP contribution in [0.2, 0.25) is 0 Å². The average Bonchev–Trinajstić information content (AvgIpc) is 3.13. The third-order valence-electron chi connectivity index (χ3n) is 5.04. The van der Waals surface area contributed by atoms with E-state index >= 15 is 0 Å². The van der Waals surface area contributed by atoms with E-state index in [1.54, 1.807) is 22.9 Å². The lowest BCUT2D eigenvalue weighted by Gasteiger charge is -2.07. The normalized spacial score (nSPS) is 10.8. The SMILES string of the molecule is O=C(Cn1cc(C(=O)c2ccccc2F)c2ccccc21)NCCc1ccccc1. The number of ketones is 1. The van der Waals surface area contributed by atoms with E-state index in [9.17, 15) is 14.0 Å². The number of aromatic nitrogens is 1. The smallest absolute Gasteiger partial charge is 0.239 e. The van der Waals surface area contributed by atoms with Gasteiger partial charge < -0.3 is 9.88 Å². The molecule has 150 valence electrons. The largest absolute Gasteiger partial charge is 0.354 e. The molecule has 3 aromatic carbocycles. The summed E-state index contributed by atoms with van der Waals surface area (Å²) < 4.78 is 15.9. The Morgan fingerprint density at radius 3 is 2.33 bits per heavy atom. The van der Waals surface area contributed by atoms with Crippen molar-refractivity contribution in [2.75, 3.05) is 6.54 Å². The van der Waals surface area contributed by atoms with E-state index < -0.39 is 11.6 Å². The first-order chi connectivity index (χ1) is 14.6. The standard InChI is InChI=1S/C25H21FN2O2/c26-22-12-6-4-11-20(22)25(30)21-16-28(23-13-7-5-10-19(21)23)17-24(29)27-15-14-18-8-2-1-3-9-18/h1-13,16H,14-15,17H2,(H,27,29). The summed E-state index contributed by atoms with van der Waals surface area (Å²) >= 11 is 0. The molecular formula is C25H21FN2O2. The van der Waals surface area contributed by atoms with Crippen molar-refractivity contribution in [3.8, 4) is 0 Å². The number of para-hydroxylation sites is 1. The summed E-state index contributed by atoms with van der Waals surface area (Å²) in [5.74, 6) is -1.10. The first-order valence-electron chi connectivity index (χ1n) is 9.81. The van der Waals surface area contributed by atoms with Gasteiger partial charge in [0, 0.05) is 29.2 Å². The average molecular weight is 400 g/mol. The number of carbonyl (C=O) groups excluding carboxylic acids is 2. The monoisotopic (exact) mass is 400 g/mol. The second-order valence-corrected chi connectivity index (χ2v) is 7.08. The molecule has 1 heterocycles. The molecule has 1 aromatic heterocycles. The van der Waals surface area contributed by atoms with Gasteiger partial charge in [0.25, 0.3) is 0 Å². The van der Waals surface area contributed by atoms with Crippen LogP contribution in [0, 0.1) is 5.82 Å². The molecule has 0 unspecified atom stereocenters. The zero-order chi connectivity index (χ0) is 20.9. The Hall–Kier alpha value is -3.73. The van der Waals surface area contributed by atoms with Crippen LogP contribution in [0.3, 0.4) is 0 Å². The van der Waals surface area contributed by atoms with E-state index in [2.05, 4.69) is 5.32 Å². The quantitative estimate of drug-likeness (QED) is 0.469. The molecule has 0 saturated carbocycles. The maximum Gasteiger partial charge on any atom is 0.239 e. The van der Waals surface area contributed by atoms with Crippen molar-refractivity contribution in [1.29, 1.82) is 0 Å². The summed E-state index contributed by atoms with van der Waals surface area (Å²) in [5.41, 5.74) is 2.32. The van der Waals surface area contributed by atoms with Crippen molar-refractivity contribution in [1.82, 2.24) is 9.88 Å². The summed E-state index contributed by atoms with van der Waals surface area (Å²) in [6, 6.07) is 23.2. The number of benzene rings is 3. The molecule has 4 nitrogen and oxygen atoms in total. The molecule has 0 spiro atoms. The highest BCUT2D eigenvalue weighted by molar-refractivity contribution is 6.16. The Kier molecular flexibility index (Phi) is 5.70. The van der Waals surface area contributed by atoms with E-state index in [1.807, 2.05) is 54.6 Å². The highest BCUT2D eigenvalue weighted by atomic mass is 19.1. The van der Waals surface area contributed by atoms with Gasteiger partial charge >= 0.3 is 0 Å². The molecule has 0 fully saturated rings. The van der Waals surface area contributed by atoms with Crippen LogP contribution in [0.4, 0.5) is 4.39 Å². The Balaban J connectivity index is 1.53. The van der Waals surface area contributed by atoms with Gasteiger partial charge in [-0.15, -0.1) is 0 Å². The molecule has 0 aliphatic heterocycles. The number of carbonyl (C=O) groups is 2. The predicted molar refractivity (Wildman–Crippen MR) is 115 cm³/mol. The molecule has 30 heavy (non-hydrogen) atoms. The second kappa shape index (κ2) is 8.74. The molecule has 0 radical (unpaired) electrons. The number of hydrogen-bond acceptors (Lipinski definition) is 2. The third kappa shape index (κ3) is 4.15. The van der Waals surface area contributed by atoms with Crippen LogP contribution in [0.25, 0.3) is 10.9 Å². The van der Waals surface area contributed by atoms with E-state index in [4.69, 9.17) is 0 Å². The number of rotatable bonds is 7. The number of halogens is 1. The highest BCUT2D eigenvalue weighted by Crippen LogP contribution is 2.24. The van der Waals surface area contributed by atoms with Crippen LogP contribution in [-0.2, 0) is 17.8 Å². The molecule has 0 saturated heterocycles. The summed E-state index contributed by atoms with van der Waals surface area (Å²) in [5, 5.41) is 3.62. The Morgan fingerprint density at radius 2 is 1.53 bits per heavy atom. The Labute approximate surface area is 174 Å². The van der Waals surface area contributed by atoms with Crippen molar-refractivity contribution < 1.29 is 14.0 Å². The number of fused-ring (bicyclic) bond motifs is 1. The second-order valence-electron chi connectivity index (χ2n) is 7.08. The minimum atomic E-state index is -0.557. The van der Waals surface area contributed by atoms with E-state index in [0.29, 0.717) is 17.5 Å². The zero-order valence-electron chi connectivity index (χ0n) is 16.3. The van der Waals surface area contributed by atoms with Crippen LogP contribution in [-0.4, -0.2) is 22.8 Å². The minimum Gasteiger partial charge on any atom is -0.354 e. The van der Waals surface area contributed by atoms with E-state index in [-0.39, 0.29) is 18.0 Å². The van der Waals surface area contributed by atoms with Gasteiger partial charge in [-0.05, 0) is 30.2 Å². The van der Waals surface area contributed by atoms with E-state index in [0.717, 1.165) is 17.5 Å². The van der Waals surface area contributed by atoms with Gasteiger partial charge in [0.05, 0.1) is 5.56 Å². The lowest BCUT2D eigenvalue weighted by Crippen LogP contribution is -2.29. The van der Waals surface area contributed by atoms with Crippen LogP contribution in [0.5, 0.6) is 0 Å². The van der Waals surface area contributed by atoms with E-state index in [1.165, 1.54) is 12.1 Å². The first kappa shape index (κ1) is 19.6. The molecule has 0 aliphatic carbocycles.